The summed E-state index contributed by atoms with van der Waals surface area (Å²) in [7, 11) is 0. The smallest absolute Gasteiger partial charge is 0.432 e. The molecule has 0 aliphatic heterocycles. The highest BCUT2D eigenvalue weighted by atomic mass is 19.4. The van der Waals surface area contributed by atoms with Crippen LogP contribution in [0, 0.1) is 29.2 Å². The monoisotopic (exact) mass is 614 g/mol. The minimum Gasteiger partial charge on any atom is -0.459 e. The lowest BCUT2D eigenvalue weighted by atomic mass is 9.77. The highest BCUT2D eigenvalue weighted by Crippen LogP contribution is 2.40. The van der Waals surface area contributed by atoms with Gasteiger partial charge in [0.05, 0.1) is 12.3 Å². The fourth-order valence-corrected chi connectivity index (χ4v) is 5.19. The van der Waals surface area contributed by atoms with E-state index in [2.05, 4.69) is 16.1 Å². The van der Waals surface area contributed by atoms with Gasteiger partial charge < -0.3 is 9.47 Å². The third-order valence-electron chi connectivity index (χ3n) is 7.34. The number of ether oxygens (including phenoxy) is 2. The molecular formula is C32H27F9O2. The molecule has 0 saturated heterocycles. The number of hydrogen-bond acceptors (Lipinski definition) is 2. The largest absolute Gasteiger partial charge is 0.459 e. The van der Waals surface area contributed by atoms with Crippen molar-refractivity contribution in [3.63, 3.8) is 0 Å². The number of rotatable bonds is 10. The molecule has 0 atom stereocenters. The van der Waals surface area contributed by atoms with Crippen LogP contribution in [0.1, 0.15) is 55.6 Å². The van der Waals surface area contributed by atoms with Crippen LogP contribution in [-0.4, -0.2) is 6.18 Å². The summed E-state index contributed by atoms with van der Waals surface area (Å²) in [6.07, 6.45) is -1.79. The molecule has 230 valence electrons. The summed E-state index contributed by atoms with van der Waals surface area (Å²) in [6.45, 7) is 3.76. The maximum atomic E-state index is 14.9. The number of halogens is 9. The maximum absolute atomic E-state index is 14.9. The van der Waals surface area contributed by atoms with Gasteiger partial charge in [-0.2, -0.15) is 22.0 Å². The molecule has 0 bridgehead atoms. The number of benzene rings is 3. The molecule has 0 radical (unpaired) electrons. The van der Waals surface area contributed by atoms with Crippen LogP contribution in [0.2, 0.25) is 0 Å². The summed E-state index contributed by atoms with van der Waals surface area (Å²) in [4.78, 5) is 0. The quantitative estimate of drug-likeness (QED) is 0.129. The molecule has 1 saturated carbocycles. The second-order valence-corrected chi connectivity index (χ2v) is 10.3. The Kier molecular flexibility index (Phi) is 9.82. The summed E-state index contributed by atoms with van der Waals surface area (Å²) in [5.74, 6) is -8.23. The zero-order chi connectivity index (χ0) is 31.4. The number of alkyl halides is 5. The molecule has 0 amide bonds. The molecule has 4 rings (SSSR count). The van der Waals surface area contributed by atoms with Gasteiger partial charge in [-0.25, -0.2) is 17.6 Å². The van der Waals surface area contributed by atoms with Crippen LogP contribution in [0.5, 0.6) is 11.5 Å². The Morgan fingerprint density at radius 3 is 1.88 bits per heavy atom. The van der Waals surface area contributed by atoms with Crippen LogP contribution in [-0.2, 0) is 6.11 Å². The molecule has 3 aromatic carbocycles. The molecule has 1 aliphatic carbocycles. The van der Waals surface area contributed by atoms with Crippen molar-refractivity contribution < 1.29 is 49.0 Å². The molecule has 2 nitrogen and oxygen atoms in total. The SMILES string of the molecule is C=CCCC1CCC(c2ccc(-c3cc(F)c(C(F)(F)Oc4cc(F)c(OC=CC(F)(F)F)c(F)c4)c(F)c3)cc2)CC1. The van der Waals surface area contributed by atoms with E-state index in [4.69, 9.17) is 0 Å². The van der Waals surface area contributed by atoms with Crippen molar-refractivity contribution in [2.45, 2.75) is 56.7 Å². The van der Waals surface area contributed by atoms with E-state index in [1.807, 2.05) is 18.2 Å². The van der Waals surface area contributed by atoms with Crippen molar-refractivity contribution in [3.8, 4) is 22.6 Å². The van der Waals surface area contributed by atoms with Gasteiger partial charge in [-0.3, -0.25) is 0 Å². The lowest BCUT2D eigenvalue weighted by Crippen LogP contribution is -2.25. The molecule has 0 unspecified atom stereocenters. The summed E-state index contributed by atoms with van der Waals surface area (Å²) in [5.41, 5.74) is -0.345. The van der Waals surface area contributed by atoms with Gasteiger partial charge in [0.1, 0.15) is 22.9 Å². The van der Waals surface area contributed by atoms with Crippen LogP contribution >= 0.6 is 0 Å². The third-order valence-corrected chi connectivity index (χ3v) is 7.34. The zero-order valence-corrected chi connectivity index (χ0v) is 22.7. The van der Waals surface area contributed by atoms with E-state index in [-0.39, 0.29) is 24.0 Å². The van der Waals surface area contributed by atoms with E-state index in [0.717, 1.165) is 44.1 Å². The first-order valence-corrected chi connectivity index (χ1v) is 13.4. The van der Waals surface area contributed by atoms with Crippen molar-refractivity contribution in [2.24, 2.45) is 5.92 Å². The summed E-state index contributed by atoms with van der Waals surface area (Å²) >= 11 is 0. The van der Waals surface area contributed by atoms with E-state index < -0.39 is 58.7 Å². The topological polar surface area (TPSA) is 18.5 Å². The summed E-state index contributed by atoms with van der Waals surface area (Å²) < 4.78 is 133. The van der Waals surface area contributed by atoms with E-state index in [0.29, 0.717) is 29.5 Å². The molecule has 1 fully saturated rings. The zero-order valence-electron chi connectivity index (χ0n) is 22.7. The second kappa shape index (κ2) is 13.2. The Morgan fingerprint density at radius 1 is 0.767 bits per heavy atom. The van der Waals surface area contributed by atoms with E-state index in [1.54, 1.807) is 12.1 Å². The molecule has 1 aliphatic rings. The molecule has 0 aromatic heterocycles. The van der Waals surface area contributed by atoms with Crippen LogP contribution in [0.15, 0.2) is 73.5 Å². The van der Waals surface area contributed by atoms with Gasteiger partial charge in [0, 0.05) is 12.1 Å². The summed E-state index contributed by atoms with van der Waals surface area (Å²) in [5, 5.41) is 0. The van der Waals surface area contributed by atoms with Crippen molar-refractivity contribution >= 4 is 0 Å². The highest BCUT2D eigenvalue weighted by Gasteiger charge is 2.41. The van der Waals surface area contributed by atoms with Gasteiger partial charge in [0.15, 0.2) is 17.4 Å². The van der Waals surface area contributed by atoms with Gasteiger partial charge in [0.2, 0.25) is 0 Å². The Morgan fingerprint density at radius 2 is 1.35 bits per heavy atom. The number of hydrogen-bond donors (Lipinski definition) is 0. The van der Waals surface area contributed by atoms with Gasteiger partial charge in [-0.1, -0.05) is 30.3 Å². The molecule has 43 heavy (non-hydrogen) atoms. The molecule has 0 spiro atoms. The highest BCUT2D eigenvalue weighted by molar-refractivity contribution is 5.64. The first kappa shape index (κ1) is 32.0. The van der Waals surface area contributed by atoms with Crippen molar-refractivity contribution in [2.75, 3.05) is 0 Å². The third kappa shape index (κ3) is 8.14. The first-order valence-electron chi connectivity index (χ1n) is 13.4. The maximum Gasteiger partial charge on any atom is 0.432 e. The summed E-state index contributed by atoms with van der Waals surface area (Å²) in [6, 6.07) is 8.74. The van der Waals surface area contributed by atoms with Crippen molar-refractivity contribution in [3.05, 3.63) is 108 Å². The van der Waals surface area contributed by atoms with Gasteiger partial charge in [-0.05, 0) is 79.2 Å². The fraction of sp³-hybridized carbons (Fsp3) is 0.312. The average molecular weight is 615 g/mol. The van der Waals surface area contributed by atoms with Crippen LogP contribution in [0.3, 0.4) is 0 Å². The molecular weight excluding hydrogens is 587 g/mol. The Balaban J connectivity index is 1.48. The lowest BCUT2D eigenvalue weighted by molar-refractivity contribution is -0.189. The Bertz CT molecular complexity index is 1410. The van der Waals surface area contributed by atoms with E-state index >= 15 is 0 Å². The van der Waals surface area contributed by atoms with E-state index in [1.165, 1.54) is 0 Å². The average Bonchev–Trinajstić information content (AvgIpc) is 2.92. The Labute approximate surface area is 242 Å². The van der Waals surface area contributed by atoms with Crippen LogP contribution < -0.4 is 9.47 Å². The van der Waals surface area contributed by atoms with Gasteiger partial charge in [-0.15, -0.1) is 6.58 Å². The van der Waals surface area contributed by atoms with Gasteiger partial charge >= 0.3 is 12.3 Å². The minimum absolute atomic E-state index is 0.0141. The predicted molar refractivity (Wildman–Crippen MR) is 143 cm³/mol. The van der Waals surface area contributed by atoms with Crippen LogP contribution in [0.4, 0.5) is 39.5 Å². The van der Waals surface area contributed by atoms with Crippen molar-refractivity contribution in [1.82, 2.24) is 0 Å². The molecule has 11 heteroatoms. The van der Waals surface area contributed by atoms with Crippen LogP contribution in [0.25, 0.3) is 11.1 Å². The van der Waals surface area contributed by atoms with Gasteiger partial charge in [0.25, 0.3) is 0 Å². The molecule has 0 N–H and O–H groups in total. The van der Waals surface area contributed by atoms with Crippen molar-refractivity contribution in [1.29, 1.82) is 0 Å². The minimum atomic E-state index is -4.84. The number of allylic oxidation sites excluding steroid dienone is 2. The normalized spacial score (nSPS) is 17.7. The standard InChI is InChI=1S/C32H27F9O2/c1-2-3-4-19-5-7-20(8-6-19)21-9-11-22(12-10-21)23-15-25(33)29(26(34)16-23)32(40,41)43-24-17-27(35)30(28(36)18-24)42-14-13-31(37,38)39/h2,9-20H,1,3-8H2. The first-order chi connectivity index (χ1) is 20.3. The van der Waals surface area contributed by atoms with E-state index in [9.17, 15) is 39.5 Å². The lowest BCUT2D eigenvalue weighted by Gasteiger charge is -2.28. The molecule has 0 heterocycles. The Hall–Kier alpha value is -3.89. The fourth-order valence-electron chi connectivity index (χ4n) is 5.19. The predicted octanol–water partition coefficient (Wildman–Crippen LogP) is 10.7. The second-order valence-electron chi connectivity index (χ2n) is 10.3. The molecule has 3 aromatic rings.